The zero-order valence-corrected chi connectivity index (χ0v) is 18.3. The first-order valence-corrected chi connectivity index (χ1v) is 11.3. The number of ether oxygens (including phenoxy) is 1. The lowest BCUT2D eigenvalue weighted by atomic mass is 10.2. The maximum absolute atomic E-state index is 13.3. The Labute approximate surface area is 181 Å². The first-order chi connectivity index (χ1) is 14.1. The fraction of sp³-hybridized carbons (Fsp3) is 0.190. The van der Waals surface area contributed by atoms with E-state index in [-0.39, 0.29) is 5.56 Å². The molecule has 5 nitrogen and oxygen atoms in total. The van der Waals surface area contributed by atoms with Crippen LogP contribution in [0.5, 0.6) is 5.75 Å². The van der Waals surface area contributed by atoms with Gasteiger partial charge in [0.05, 0.1) is 39.4 Å². The third kappa shape index (κ3) is 4.03. The van der Waals surface area contributed by atoms with Crippen LogP contribution in [-0.2, 0) is 12.2 Å². The number of thiazole rings is 1. The van der Waals surface area contributed by atoms with Gasteiger partial charge in [0.25, 0.3) is 5.56 Å². The first kappa shape index (κ1) is 19.9. The van der Waals surface area contributed by atoms with E-state index in [0.717, 1.165) is 17.1 Å². The normalized spacial score (nSPS) is 11.1. The molecular weight excluding hydrogens is 426 g/mol. The van der Waals surface area contributed by atoms with E-state index >= 15 is 0 Å². The largest absolute Gasteiger partial charge is 0.495 e. The van der Waals surface area contributed by atoms with Crippen molar-refractivity contribution in [1.82, 2.24) is 14.5 Å². The number of benzene rings is 2. The van der Waals surface area contributed by atoms with Crippen molar-refractivity contribution in [2.45, 2.75) is 24.3 Å². The maximum atomic E-state index is 13.3. The molecule has 0 atom stereocenters. The molecule has 0 N–H and O–H groups in total. The van der Waals surface area contributed by atoms with E-state index < -0.39 is 0 Å². The molecule has 4 rings (SSSR count). The van der Waals surface area contributed by atoms with Gasteiger partial charge in [-0.3, -0.25) is 9.36 Å². The van der Waals surface area contributed by atoms with Gasteiger partial charge < -0.3 is 4.74 Å². The molecule has 29 heavy (non-hydrogen) atoms. The Kier molecular flexibility index (Phi) is 5.89. The second kappa shape index (κ2) is 8.57. The van der Waals surface area contributed by atoms with Gasteiger partial charge in [-0.2, -0.15) is 0 Å². The van der Waals surface area contributed by atoms with Crippen molar-refractivity contribution in [1.29, 1.82) is 0 Å². The molecule has 2 heterocycles. The third-order valence-electron chi connectivity index (χ3n) is 4.39. The van der Waals surface area contributed by atoms with E-state index in [1.807, 2.05) is 24.3 Å². The molecule has 148 valence electrons. The molecule has 0 bridgehead atoms. The molecule has 0 saturated heterocycles. The van der Waals surface area contributed by atoms with Crippen LogP contribution in [0.3, 0.4) is 0 Å². The van der Waals surface area contributed by atoms with E-state index in [2.05, 4.69) is 17.3 Å². The molecular formula is C21H18ClN3O2S2. The van der Waals surface area contributed by atoms with E-state index in [0.29, 0.717) is 38.3 Å². The quantitative estimate of drug-likeness (QED) is 0.296. The Balaban J connectivity index is 1.82. The summed E-state index contributed by atoms with van der Waals surface area (Å²) >= 11 is 9.46. The summed E-state index contributed by atoms with van der Waals surface area (Å²) in [4.78, 5) is 22.7. The third-order valence-corrected chi connectivity index (χ3v) is 6.70. The van der Waals surface area contributed by atoms with E-state index in [1.165, 1.54) is 11.8 Å². The number of aryl methyl sites for hydroxylation is 1. The van der Waals surface area contributed by atoms with Gasteiger partial charge in [0.15, 0.2) is 5.16 Å². The first-order valence-electron chi connectivity index (χ1n) is 9.02. The van der Waals surface area contributed by atoms with Crippen molar-refractivity contribution < 1.29 is 4.74 Å². The monoisotopic (exact) mass is 443 g/mol. The molecule has 0 radical (unpaired) electrons. The highest BCUT2D eigenvalue weighted by molar-refractivity contribution is 7.98. The van der Waals surface area contributed by atoms with Crippen LogP contribution in [0.4, 0.5) is 0 Å². The van der Waals surface area contributed by atoms with Gasteiger partial charge in [0.1, 0.15) is 5.75 Å². The van der Waals surface area contributed by atoms with Crippen LogP contribution in [0, 0.1) is 0 Å². The minimum Gasteiger partial charge on any atom is -0.495 e. The molecule has 0 aliphatic rings. The summed E-state index contributed by atoms with van der Waals surface area (Å²) in [6, 6.07) is 12.6. The SMILES string of the molecule is CCc1nc(CSc2nc3ccccc3c(=O)n2-c2ccc(OC)c(Cl)c2)cs1. The number of aromatic nitrogens is 3. The lowest BCUT2D eigenvalue weighted by Gasteiger charge is -2.14. The number of thioether (sulfide) groups is 1. The average Bonchev–Trinajstić information content (AvgIpc) is 3.20. The van der Waals surface area contributed by atoms with Crippen LogP contribution in [0.15, 0.2) is 57.8 Å². The highest BCUT2D eigenvalue weighted by Crippen LogP contribution is 2.29. The highest BCUT2D eigenvalue weighted by Gasteiger charge is 2.15. The molecule has 0 spiro atoms. The van der Waals surface area contributed by atoms with Crippen molar-refractivity contribution >= 4 is 45.6 Å². The Morgan fingerprint density at radius 2 is 2.03 bits per heavy atom. The number of hydrogen-bond donors (Lipinski definition) is 0. The van der Waals surface area contributed by atoms with Gasteiger partial charge in [-0.15, -0.1) is 11.3 Å². The summed E-state index contributed by atoms with van der Waals surface area (Å²) in [5.74, 6) is 1.19. The Morgan fingerprint density at radius 3 is 2.76 bits per heavy atom. The van der Waals surface area contributed by atoms with Crippen LogP contribution >= 0.6 is 34.7 Å². The number of rotatable bonds is 6. The Morgan fingerprint density at radius 1 is 1.21 bits per heavy atom. The van der Waals surface area contributed by atoms with Crippen LogP contribution in [0.25, 0.3) is 16.6 Å². The average molecular weight is 444 g/mol. The summed E-state index contributed by atoms with van der Waals surface area (Å²) in [5, 5.41) is 4.76. The molecule has 4 aromatic rings. The van der Waals surface area contributed by atoms with E-state index in [9.17, 15) is 4.79 Å². The molecule has 0 unspecified atom stereocenters. The summed E-state index contributed by atoms with van der Waals surface area (Å²) in [5.41, 5.74) is 2.17. The van der Waals surface area contributed by atoms with Crippen molar-refractivity contribution in [3.05, 3.63) is 73.9 Å². The topological polar surface area (TPSA) is 57.0 Å². The second-order valence-electron chi connectivity index (χ2n) is 6.25. The standard InChI is InChI=1S/C21H18ClN3O2S2/c1-3-19-23-13(11-28-19)12-29-21-24-17-7-5-4-6-15(17)20(26)25(21)14-8-9-18(27-2)16(22)10-14/h4-11H,3,12H2,1-2H3. The van der Waals surface area contributed by atoms with E-state index in [1.54, 1.807) is 41.2 Å². The van der Waals surface area contributed by atoms with Crippen LogP contribution in [-0.4, -0.2) is 21.6 Å². The van der Waals surface area contributed by atoms with Crippen LogP contribution in [0.2, 0.25) is 5.02 Å². The highest BCUT2D eigenvalue weighted by atomic mass is 35.5. The smallest absolute Gasteiger partial charge is 0.266 e. The summed E-state index contributed by atoms with van der Waals surface area (Å²) in [6.07, 6.45) is 0.915. The summed E-state index contributed by atoms with van der Waals surface area (Å²) in [6.45, 7) is 2.09. The van der Waals surface area contributed by atoms with Gasteiger partial charge in [-0.25, -0.2) is 9.97 Å². The molecule has 2 aromatic carbocycles. The fourth-order valence-electron chi connectivity index (χ4n) is 2.95. The van der Waals surface area contributed by atoms with Gasteiger partial charge in [-0.05, 0) is 36.8 Å². The molecule has 0 fully saturated rings. The molecule has 2 aromatic heterocycles. The lowest BCUT2D eigenvalue weighted by molar-refractivity contribution is 0.415. The predicted molar refractivity (Wildman–Crippen MR) is 120 cm³/mol. The van der Waals surface area contributed by atoms with Crippen molar-refractivity contribution in [3.8, 4) is 11.4 Å². The predicted octanol–water partition coefficient (Wildman–Crippen LogP) is 5.36. The van der Waals surface area contributed by atoms with Crippen LogP contribution < -0.4 is 10.3 Å². The molecule has 0 aliphatic carbocycles. The van der Waals surface area contributed by atoms with Gasteiger partial charge in [0.2, 0.25) is 0 Å². The molecule has 0 amide bonds. The van der Waals surface area contributed by atoms with Crippen molar-refractivity contribution in [2.24, 2.45) is 0 Å². The summed E-state index contributed by atoms with van der Waals surface area (Å²) in [7, 11) is 1.56. The second-order valence-corrected chi connectivity index (χ2v) is 8.54. The van der Waals surface area contributed by atoms with E-state index in [4.69, 9.17) is 21.3 Å². The Bertz CT molecular complexity index is 1240. The minimum absolute atomic E-state index is 0.133. The van der Waals surface area contributed by atoms with Crippen molar-refractivity contribution in [2.75, 3.05) is 7.11 Å². The summed E-state index contributed by atoms with van der Waals surface area (Å²) < 4.78 is 6.84. The zero-order chi connectivity index (χ0) is 20.4. The van der Waals surface area contributed by atoms with Gasteiger partial charge >= 0.3 is 0 Å². The molecule has 0 aliphatic heterocycles. The minimum atomic E-state index is -0.133. The number of para-hydroxylation sites is 1. The lowest BCUT2D eigenvalue weighted by Crippen LogP contribution is -2.21. The van der Waals surface area contributed by atoms with Gasteiger partial charge in [-0.1, -0.05) is 42.4 Å². The fourth-order valence-corrected chi connectivity index (χ4v) is 4.95. The number of hydrogen-bond acceptors (Lipinski definition) is 6. The van der Waals surface area contributed by atoms with Crippen molar-refractivity contribution in [3.63, 3.8) is 0 Å². The Hall–Kier alpha value is -2.35. The number of halogens is 1. The van der Waals surface area contributed by atoms with Gasteiger partial charge in [0, 0.05) is 11.1 Å². The molecule has 8 heteroatoms. The number of nitrogens with zero attached hydrogens (tertiary/aromatic N) is 3. The van der Waals surface area contributed by atoms with Crippen LogP contribution in [0.1, 0.15) is 17.6 Å². The number of methoxy groups -OCH3 is 1. The maximum Gasteiger partial charge on any atom is 0.266 e. The number of fused-ring (bicyclic) bond motifs is 1. The molecule has 0 saturated carbocycles. The zero-order valence-electron chi connectivity index (χ0n) is 15.9.